The first kappa shape index (κ1) is 15.1. The maximum atomic E-state index is 11.1. The summed E-state index contributed by atoms with van der Waals surface area (Å²) in [6.07, 6.45) is 3.89. The zero-order valence-corrected chi connectivity index (χ0v) is 9.88. The normalized spacial score (nSPS) is 14.9. The molecule has 0 spiro atoms. The number of nitrogens with zero attached hydrogens (tertiary/aromatic N) is 1. The van der Waals surface area contributed by atoms with E-state index in [0.717, 1.165) is 25.8 Å². The first-order valence-corrected chi connectivity index (χ1v) is 3.97. The quantitative estimate of drug-likeness (QED) is 0.683. The summed E-state index contributed by atoms with van der Waals surface area (Å²) in [6, 6.07) is 0. The zero-order valence-electron chi connectivity index (χ0n) is 7.05. The van der Waals surface area contributed by atoms with Gasteiger partial charge in [-0.25, -0.2) is 6.54 Å². The Balaban J connectivity index is 0. The van der Waals surface area contributed by atoms with Gasteiger partial charge < -0.3 is 4.90 Å². The van der Waals surface area contributed by atoms with E-state index >= 15 is 0 Å². The molecule has 1 fully saturated rings. The topological polar surface area (TPSA) is 20.3 Å². The largest absolute Gasteiger partial charge is 0.493 e. The van der Waals surface area contributed by atoms with Crippen LogP contribution in [0.15, 0.2) is 0 Å². The zero-order chi connectivity index (χ0) is 7.40. The van der Waals surface area contributed by atoms with E-state index in [-0.39, 0.29) is 40.1 Å². The van der Waals surface area contributed by atoms with Gasteiger partial charge in [0.15, 0.2) is 5.91 Å². The molecule has 3 heteroatoms. The molecule has 1 aliphatic rings. The number of carbonyl (C=O) groups excluding carboxylic acids is 1. The van der Waals surface area contributed by atoms with Crippen LogP contribution in [0.2, 0.25) is 0 Å². The monoisotopic (exact) mass is 245 g/mol. The van der Waals surface area contributed by atoms with Gasteiger partial charge in [0, 0.05) is 39.1 Å². The third kappa shape index (κ3) is 4.56. The van der Waals surface area contributed by atoms with E-state index in [4.69, 9.17) is 0 Å². The Morgan fingerprint density at radius 2 is 2.25 bits per heavy atom. The van der Waals surface area contributed by atoms with Crippen LogP contribution in [-0.4, -0.2) is 17.4 Å². The number of hydrogen-bond acceptors (Lipinski definition) is 1. The van der Waals surface area contributed by atoms with Crippen molar-refractivity contribution in [2.75, 3.05) is 6.54 Å². The van der Waals surface area contributed by atoms with Crippen molar-refractivity contribution >= 4 is 5.91 Å². The van der Waals surface area contributed by atoms with Crippen molar-refractivity contribution in [3.05, 3.63) is 6.54 Å². The average molecular weight is 245 g/mol. The molecule has 1 rings (SSSR count). The summed E-state index contributed by atoms with van der Waals surface area (Å²) in [5.74, 6) is 0.292. The smallest absolute Gasteiger partial charge is 0.193 e. The van der Waals surface area contributed by atoms with Gasteiger partial charge in [-0.3, -0.25) is 4.79 Å². The molecule has 69 valence electrons. The molecule has 1 radical (unpaired) electrons. The summed E-state index contributed by atoms with van der Waals surface area (Å²) in [4.78, 5) is 13.0. The van der Waals surface area contributed by atoms with E-state index in [2.05, 4.69) is 0 Å². The van der Waals surface area contributed by atoms with Crippen LogP contribution in [0.25, 0.3) is 0 Å². The molecule has 0 aromatic heterocycles. The molecule has 0 bridgehead atoms. The van der Waals surface area contributed by atoms with Crippen molar-refractivity contribution < 1.29 is 37.5 Å². The fraction of sp³-hybridized carbons (Fsp3) is 0.778. The van der Waals surface area contributed by atoms with Gasteiger partial charge in [0.25, 0.3) is 0 Å². The van der Waals surface area contributed by atoms with Crippen LogP contribution in [0.4, 0.5) is 0 Å². The fourth-order valence-corrected chi connectivity index (χ4v) is 1.18. The summed E-state index contributed by atoms with van der Waals surface area (Å²) in [5, 5.41) is 0. The van der Waals surface area contributed by atoms with Gasteiger partial charge in [-0.1, -0.05) is 20.8 Å². The number of likely N-dealkylation sites (tertiary alicyclic amines) is 1. The average Bonchev–Trinajstić information content (AvgIpc) is 2.38. The van der Waals surface area contributed by atoms with E-state index in [0.29, 0.717) is 12.3 Å². The van der Waals surface area contributed by atoms with E-state index in [1.54, 1.807) is 0 Å². The van der Waals surface area contributed by atoms with Crippen LogP contribution in [0, 0.1) is 6.54 Å². The Bertz CT molecular complexity index is 122. The molecule has 0 atom stereocenters. The van der Waals surface area contributed by atoms with Gasteiger partial charge in [0.05, 0.1) is 0 Å². The summed E-state index contributed by atoms with van der Waals surface area (Å²) >= 11 is 0. The molecule has 0 aromatic rings. The molecule has 0 aliphatic carbocycles. The van der Waals surface area contributed by atoms with Crippen LogP contribution >= 0.6 is 0 Å². The van der Waals surface area contributed by atoms with Crippen LogP contribution in [0.5, 0.6) is 0 Å². The number of rotatable bonds is 2. The third-order valence-electron chi connectivity index (χ3n) is 1.74. The van der Waals surface area contributed by atoms with Gasteiger partial charge in [0.1, 0.15) is 0 Å². The van der Waals surface area contributed by atoms with Crippen molar-refractivity contribution in [2.45, 2.75) is 40.0 Å². The first-order valence-electron chi connectivity index (χ1n) is 3.97. The van der Waals surface area contributed by atoms with Crippen molar-refractivity contribution in [2.24, 2.45) is 0 Å². The number of carbonyl (C=O) groups is 1. The molecule has 0 unspecified atom stereocenters. The molecular formula is C9H18NOY-. The number of amides is 1. The standard InChI is InChI=1S/C8H14NO.CH4.Y/c1-2-5-8(10)9-6-3-4-7-9;;/h6H,2-5,7H2,1H3;1H4;/q-1;;. The Hall–Kier alpha value is 0.574. The molecule has 0 aromatic carbocycles. The molecule has 12 heavy (non-hydrogen) atoms. The molecule has 1 aliphatic heterocycles. The summed E-state index contributed by atoms with van der Waals surface area (Å²) < 4.78 is 0. The Morgan fingerprint density at radius 3 is 2.67 bits per heavy atom. The summed E-state index contributed by atoms with van der Waals surface area (Å²) in [5.41, 5.74) is 0. The minimum atomic E-state index is 0. The summed E-state index contributed by atoms with van der Waals surface area (Å²) in [7, 11) is 0. The Labute approximate surface area is 101 Å². The van der Waals surface area contributed by atoms with Crippen molar-refractivity contribution in [1.82, 2.24) is 4.90 Å². The van der Waals surface area contributed by atoms with Crippen LogP contribution < -0.4 is 0 Å². The minimum Gasteiger partial charge on any atom is -0.493 e. The van der Waals surface area contributed by atoms with Crippen LogP contribution in [0.1, 0.15) is 40.0 Å². The molecule has 1 amide bonds. The minimum absolute atomic E-state index is 0. The second kappa shape index (κ2) is 8.18. The van der Waals surface area contributed by atoms with Crippen LogP contribution in [0.3, 0.4) is 0 Å². The second-order valence-electron chi connectivity index (χ2n) is 2.66. The van der Waals surface area contributed by atoms with Gasteiger partial charge in [0.2, 0.25) is 0 Å². The molecule has 1 heterocycles. The third-order valence-corrected chi connectivity index (χ3v) is 1.74. The van der Waals surface area contributed by atoms with E-state index in [1.165, 1.54) is 0 Å². The summed E-state index contributed by atoms with van der Waals surface area (Å²) in [6.45, 7) is 4.99. The van der Waals surface area contributed by atoms with Gasteiger partial charge >= 0.3 is 0 Å². The van der Waals surface area contributed by atoms with Crippen molar-refractivity contribution in [3.8, 4) is 0 Å². The van der Waals surface area contributed by atoms with E-state index in [1.807, 2.05) is 18.4 Å². The molecule has 1 saturated heterocycles. The fourth-order valence-electron chi connectivity index (χ4n) is 1.18. The van der Waals surface area contributed by atoms with E-state index in [9.17, 15) is 4.79 Å². The van der Waals surface area contributed by atoms with E-state index < -0.39 is 0 Å². The van der Waals surface area contributed by atoms with Crippen molar-refractivity contribution in [1.29, 1.82) is 0 Å². The second-order valence-corrected chi connectivity index (χ2v) is 2.66. The molecule has 0 saturated carbocycles. The Kier molecular flexibility index (Phi) is 10.3. The van der Waals surface area contributed by atoms with Gasteiger partial charge in [-0.15, -0.1) is 0 Å². The first-order chi connectivity index (χ1) is 4.84. The number of hydrogen-bond donors (Lipinski definition) is 0. The predicted octanol–water partition coefficient (Wildman–Crippen LogP) is 2.20. The van der Waals surface area contributed by atoms with Crippen LogP contribution in [-0.2, 0) is 37.5 Å². The maximum absolute atomic E-state index is 11.1. The predicted molar refractivity (Wildman–Crippen MR) is 46.9 cm³/mol. The van der Waals surface area contributed by atoms with Gasteiger partial charge in [-0.05, 0) is 13.0 Å². The molecule has 2 nitrogen and oxygen atoms in total. The molecular weight excluding hydrogens is 227 g/mol. The maximum Gasteiger partial charge on any atom is 0.193 e. The Morgan fingerprint density at radius 1 is 1.58 bits per heavy atom. The molecule has 0 N–H and O–H groups in total. The SMILES string of the molecule is C.CCCC(=O)N1[CH-]CCC1.[Y]. The van der Waals surface area contributed by atoms with Crippen molar-refractivity contribution in [3.63, 3.8) is 0 Å². The van der Waals surface area contributed by atoms with Gasteiger partial charge in [-0.2, -0.15) is 6.42 Å².